The number of aryl methyl sites for hydroxylation is 1. The number of carboxylic acids is 1. The van der Waals surface area contributed by atoms with E-state index in [4.69, 9.17) is 14.6 Å². The molecule has 8 nitrogen and oxygen atoms in total. The fraction of sp³-hybridized carbons (Fsp3) is 0.500. The number of ketones is 2. The van der Waals surface area contributed by atoms with E-state index in [-0.39, 0.29) is 47.1 Å². The zero-order valence-electron chi connectivity index (χ0n) is 22.2. The van der Waals surface area contributed by atoms with Crippen molar-refractivity contribution in [3.05, 3.63) is 64.2 Å². The van der Waals surface area contributed by atoms with Gasteiger partial charge in [-0.3, -0.25) is 19.4 Å². The normalized spacial score (nSPS) is 19.5. The number of aromatic nitrogens is 1. The van der Waals surface area contributed by atoms with E-state index in [1.807, 2.05) is 44.2 Å². The SMILES string of the molecule is CC1(C)CC(=O)c2c(CCC(=NCCCCCC(=O)O)C3=C(O)CC(c4ccccc4)CC3=O)noc2C1. The predicted molar refractivity (Wildman–Crippen MR) is 143 cm³/mol. The smallest absolute Gasteiger partial charge is 0.303 e. The molecule has 0 radical (unpaired) electrons. The lowest BCUT2D eigenvalue weighted by atomic mass is 9.75. The Morgan fingerprint density at radius 1 is 1.05 bits per heavy atom. The minimum Gasteiger partial charge on any atom is -0.511 e. The number of nitrogens with zero attached hydrogens (tertiary/aromatic N) is 2. The molecule has 0 amide bonds. The topological polar surface area (TPSA) is 130 Å². The third kappa shape index (κ3) is 6.65. The summed E-state index contributed by atoms with van der Waals surface area (Å²) >= 11 is 0. The highest BCUT2D eigenvalue weighted by molar-refractivity contribution is 6.23. The number of rotatable bonds is 11. The molecule has 0 saturated carbocycles. The summed E-state index contributed by atoms with van der Waals surface area (Å²) in [6.45, 7) is 4.49. The van der Waals surface area contributed by atoms with Crippen LogP contribution >= 0.6 is 0 Å². The van der Waals surface area contributed by atoms with E-state index in [0.717, 1.165) is 5.56 Å². The number of allylic oxidation sites excluding steroid dienone is 2. The molecule has 2 aliphatic rings. The number of hydrogen-bond acceptors (Lipinski definition) is 7. The van der Waals surface area contributed by atoms with Crippen molar-refractivity contribution >= 4 is 23.2 Å². The maximum atomic E-state index is 13.3. The molecular formula is C30H36N2O6. The molecular weight excluding hydrogens is 484 g/mol. The van der Waals surface area contributed by atoms with Crippen LogP contribution in [0.3, 0.4) is 0 Å². The molecule has 1 heterocycles. The quantitative estimate of drug-likeness (QED) is 0.282. The summed E-state index contributed by atoms with van der Waals surface area (Å²) in [5.41, 5.74) is 2.74. The number of carboxylic acid groups (broad SMARTS) is 1. The molecule has 1 atom stereocenters. The molecule has 1 aromatic carbocycles. The number of aliphatic hydroxyl groups is 1. The number of benzene rings is 1. The molecule has 1 unspecified atom stereocenters. The second kappa shape index (κ2) is 11.9. The number of hydrogen-bond donors (Lipinski definition) is 2. The van der Waals surface area contributed by atoms with Crippen LogP contribution in [0, 0.1) is 5.41 Å². The van der Waals surface area contributed by atoms with Crippen LogP contribution in [-0.4, -0.2) is 45.2 Å². The summed E-state index contributed by atoms with van der Waals surface area (Å²) in [5.74, 6) is -0.384. The molecule has 0 bridgehead atoms. The summed E-state index contributed by atoms with van der Waals surface area (Å²) in [4.78, 5) is 41.6. The van der Waals surface area contributed by atoms with Gasteiger partial charge in [0.15, 0.2) is 11.6 Å². The van der Waals surface area contributed by atoms with E-state index < -0.39 is 5.97 Å². The van der Waals surface area contributed by atoms with Gasteiger partial charge in [0.2, 0.25) is 0 Å². The van der Waals surface area contributed by atoms with Crippen molar-refractivity contribution in [1.82, 2.24) is 5.16 Å². The number of fused-ring (bicyclic) bond motifs is 1. The Bertz CT molecular complexity index is 1250. The van der Waals surface area contributed by atoms with Crippen molar-refractivity contribution in [3.8, 4) is 0 Å². The predicted octanol–water partition coefficient (Wildman–Crippen LogP) is 5.81. The molecule has 0 fully saturated rings. The van der Waals surface area contributed by atoms with Crippen LogP contribution in [0.2, 0.25) is 0 Å². The first-order chi connectivity index (χ1) is 18.1. The van der Waals surface area contributed by atoms with E-state index in [0.29, 0.717) is 80.6 Å². The lowest BCUT2D eigenvalue weighted by Crippen LogP contribution is -2.27. The third-order valence-electron chi connectivity index (χ3n) is 7.34. The molecule has 2 N–H and O–H groups in total. The van der Waals surface area contributed by atoms with Gasteiger partial charge in [-0.05, 0) is 42.6 Å². The van der Waals surface area contributed by atoms with Crippen molar-refractivity contribution in [2.24, 2.45) is 10.4 Å². The molecule has 2 aromatic rings. The zero-order chi connectivity index (χ0) is 27.3. The lowest BCUT2D eigenvalue weighted by Gasteiger charge is -2.26. The highest BCUT2D eigenvalue weighted by atomic mass is 16.5. The Morgan fingerprint density at radius 2 is 1.82 bits per heavy atom. The van der Waals surface area contributed by atoms with Gasteiger partial charge in [-0.1, -0.05) is 55.8 Å². The average molecular weight is 521 g/mol. The Kier molecular flexibility index (Phi) is 8.59. The summed E-state index contributed by atoms with van der Waals surface area (Å²) in [6, 6.07) is 9.70. The van der Waals surface area contributed by atoms with E-state index in [9.17, 15) is 19.5 Å². The first kappa shape index (κ1) is 27.5. The minimum atomic E-state index is -0.820. The maximum Gasteiger partial charge on any atom is 0.303 e. The maximum absolute atomic E-state index is 13.3. The van der Waals surface area contributed by atoms with E-state index >= 15 is 0 Å². The molecule has 202 valence electrons. The molecule has 4 rings (SSSR count). The van der Waals surface area contributed by atoms with Crippen LogP contribution < -0.4 is 0 Å². The first-order valence-corrected chi connectivity index (χ1v) is 13.4. The highest BCUT2D eigenvalue weighted by Gasteiger charge is 2.37. The molecule has 8 heteroatoms. The van der Waals surface area contributed by atoms with Gasteiger partial charge < -0.3 is 14.7 Å². The van der Waals surface area contributed by atoms with Crippen molar-refractivity contribution in [2.45, 2.75) is 84.0 Å². The summed E-state index contributed by atoms with van der Waals surface area (Å²) in [7, 11) is 0. The number of carbonyl (C=O) groups is 3. The Balaban J connectivity index is 1.53. The number of carbonyl (C=O) groups excluding carboxylic acids is 2. The summed E-state index contributed by atoms with van der Waals surface area (Å²) in [6.07, 6.45) is 4.49. The second-order valence-corrected chi connectivity index (χ2v) is 11.2. The minimum absolute atomic E-state index is 0.0194. The van der Waals surface area contributed by atoms with Crippen molar-refractivity contribution in [2.75, 3.05) is 6.54 Å². The van der Waals surface area contributed by atoms with Crippen molar-refractivity contribution < 1.29 is 29.1 Å². The van der Waals surface area contributed by atoms with Gasteiger partial charge in [0.25, 0.3) is 0 Å². The molecule has 38 heavy (non-hydrogen) atoms. The molecule has 0 saturated heterocycles. The zero-order valence-corrected chi connectivity index (χ0v) is 22.2. The summed E-state index contributed by atoms with van der Waals surface area (Å²) in [5, 5.41) is 24.1. The number of unbranched alkanes of at least 4 members (excludes halogenated alkanes) is 2. The first-order valence-electron chi connectivity index (χ1n) is 13.4. The number of aliphatic carboxylic acids is 1. The lowest BCUT2D eigenvalue weighted by molar-refractivity contribution is -0.137. The monoisotopic (exact) mass is 520 g/mol. The van der Waals surface area contributed by atoms with Crippen LogP contribution in [-0.2, 0) is 22.4 Å². The van der Waals surface area contributed by atoms with Crippen molar-refractivity contribution in [1.29, 1.82) is 0 Å². The van der Waals surface area contributed by atoms with E-state index in [1.54, 1.807) is 0 Å². The number of aliphatic hydroxyl groups excluding tert-OH is 1. The van der Waals surface area contributed by atoms with E-state index in [1.165, 1.54) is 0 Å². The molecule has 0 aliphatic heterocycles. The standard InChI is InChI=1S/C30H36N2O6/c1-30(2)17-25(35)29-22(32-38-26(29)18-30)13-12-21(31-14-8-4-7-11-27(36)37)28-23(33)15-20(16-24(28)34)19-9-5-3-6-10-19/h3,5-6,9-10,20,33H,4,7-8,11-18H2,1-2H3,(H,36,37). The molecule has 1 aromatic heterocycles. The van der Waals surface area contributed by atoms with Gasteiger partial charge in [0, 0.05) is 44.4 Å². The largest absolute Gasteiger partial charge is 0.511 e. The van der Waals surface area contributed by atoms with Crippen LogP contribution in [0.1, 0.15) is 98.5 Å². The van der Waals surface area contributed by atoms with Gasteiger partial charge in [0.1, 0.15) is 11.5 Å². The Morgan fingerprint density at radius 3 is 2.53 bits per heavy atom. The number of aliphatic imine (C=N–C) groups is 1. The van der Waals surface area contributed by atoms with Gasteiger partial charge in [-0.2, -0.15) is 0 Å². The van der Waals surface area contributed by atoms with Crippen LogP contribution in [0.5, 0.6) is 0 Å². The Hall–Kier alpha value is -3.55. The second-order valence-electron chi connectivity index (χ2n) is 11.2. The van der Waals surface area contributed by atoms with Crippen LogP contribution in [0.25, 0.3) is 0 Å². The van der Waals surface area contributed by atoms with Crippen molar-refractivity contribution in [3.63, 3.8) is 0 Å². The van der Waals surface area contributed by atoms with Gasteiger partial charge in [0.05, 0.1) is 16.8 Å². The summed E-state index contributed by atoms with van der Waals surface area (Å²) < 4.78 is 5.53. The Labute approximate surface area is 222 Å². The average Bonchev–Trinajstić information content (AvgIpc) is 3.25. The van der Waals surface area contributed by atoms with Gasteiger partial charge in [-0.15, -0.1) is 0 Å². The third-order valence-corrected chi connectivity index (χ3v) is 7.34. The van der Waals surface area contributed by atoms with Crippen LogP contribution in [0.4, 0.5) is 0 Å². The fourth-order valence-corrected chi connectivity index (χ4v) is 5.47. The fourth-order valence-electron chi connectivity index (χ4n) is 5.47. The van der Waals surface area contributed by atoms with Gasteiger partial charge >= 0.3 is 5.97 Å². The molecule has 2 aliphatic carbocycles. The highest BCUT2D eigenvalue weighted by Crippen LogP contribution is 2.37. The van der Waals surface area contributed by atoms with Gasteiger partial charge in [-0.25, -0.2) is 0 Å². The number of Topliss-reactive ketones (excluding diaryl/α,β-unsaturated/α-hetero) is 2. The van der Waals surface area contributed by atoms with E-state index in [2.05, 4.69) is 5.16 Å². The van der Waals surface area contributed by atoms with Crippen LogP contribution in [0.15, 0.2) is 51.2 Å². The molecule has 0 spiro atoms.